The summed E-state index contributed by atoms with van der Waals surface area (Å²) < 4.78 is 11.7. The average Bonchev–Trinajstić information content (AvgIpc) is 1.84. The monoisotopic (exact) mass is 119 g/mol. The summed E-state index contributed by atoms with van der Waals surface area (Å²) in [5.74, 6) is 0.0278. The van der Waals surface area contributed by atoms with Gasteiger partial charge in [-0.1, -0.05) is 13.8 Å². The Labute approximate surface area is 50.1 Å². The van der Waals surface area contributed by atoms with Crippen LogP contribution in [0.5, 0.6) is 0 Å². The number of rotatable bonds is 3. The molecule has 0 aliphatic rings. The number of halogens is 1. The van der Waals surface area contributed by atoms with Gasteiger partial charge < -0.3 is 5.73 Å². The first-order valence-electron chi connectivity index (χ1n) is 3.03. The van der Waals surface area contributed by atoms with Crippen LogP contribution in [0.2, 0.25) is 0 Å². The minimum Gasteiger partial charge on any atom is -0.327 e. The highest BCUT2D eigenvalue weighted by atomic mass is 19.1. The summed E-state index contributed by atoms with van der Waals surface area (Å²) in [6.07, 6.45) is 0.866. The summed E-state index contributed by atoms with van der Waals surface area (Å²) >= 11 is 0. The average molecular weight is 119 g/mol. The Hall–Kier alpha value is -0.110. The van der Waals surface area contributed by atoms with E-state index in [1.807, 2.05) is 13.8 Å². The molecule has 0 spiro atoms. The number of alkyl halides is 1. The van der Waals surface area contributed by atoms with Gasteiger partial charge in [-0.15, -0.1) is 0 Å². The van der Waals surface area contributed by atoms with Crippen molar-refractivity contribution in [3.8, 4) is 0 Å². The van der Waals surface area contributed by atoms with Crippen molar-refractivity contribution >= 4 is 0 Å². The summed E-state index contributed by atoms with van der Waals surface area (Å²) in [4.78, 5) is 0. The molecule has 0 aromatic carbocycles. The second-order valence-electron chi connectivity index (χ2n) is 2.20. The van der Waals surface area contributed by atoms with Crippen LogP contribution in [0.1, 0.15) is 20.3 Å². The zero-order valence-electron chi connectivity index (χ0n) is 5.52. The molecule has 1 nitrogen and oxygen atoms in total. The Morgan fingerprint density at radius 1 is 1.62 bits per heavy atom. The third kappa shape index (κ3) is 2.26. The summed E-state index contributed by atoms with van der Waals surface area (Å²) in [5, 5.41) is 0. The van der Waals surface area contributed by atoms with E-state index in [2.05, 4.69) is 0 Å². The van der Waals surface area contributed by atoms with Crippen LogP contribution < -0.4 is 5.73 Å². The highest BCUT2D eigenvalue weighted by molar-refractivity contribution is 4.65. The largest absolute Gasteiger partial charge is 0.327 e. The van der Waals surface area contributed by atoms with E-state index < -0.39 is 0 Å². The molecule has 2 N–H and O–H groups in total. The lowest BCUT2D eigenvalue weighted by Gasteiger charge is -2.12. The summed E-state index contributed by atoms with van der Waals surface area (Å²) in [6.45, 7) is 3.50. The molecule has 2 atom stereocenters. The SMILES string of the molecule is CCC(N)C(C)CF. The first-order valence-corrected chi connectivity index (χ1v) is 3.03. The first kappa shape index (κ1) is 7.89. The Kier molecular flexibility index (Phi) is 3.79. The minimum atomic E-state index is -0.297. The van der Waals surface area contributed by atoms with Gasteiger partial charge in [-0.2, -0.15) is 0 Å². The van der Waals surface area contributed by atoms with Crippen molar-refractivity contribution in [3.05, 3.63) is 0 Å². The Morgan fingerprint density at radius 3 is 2.25 bits per heavy atom. The molecule has 0 fully saturated rings. The van der Waals surface area contributed by atoms with Crippen LogP contribution in [0.25, 0.3) is 0 Å². The fourth-order valence-corrected chi connectivity index (χ4v) is 0.517. The van der Waals surface area contributed by atoms with Gasteiger partial charge in [0.25, 0.3) is 0 Å². The van der Waals surface area contributed by atoms with Gasteiger partial charge in [-0.05, 0) is 12.3 Å². The molecule has 0 aliphatic heterocycles. The second-order valence-corrected chi connectivity index (χ2v) is 2.20. The van der Waals surface area contributed by atoms with E-state index in [9.17, 15) is 4.39 Å². The number of nitrogens with two attached hydrogens (primary N) is 1. The normalized spacial score (nSPS) is 18.0. The molecule has 0 aromatic rings. The minimum absolute atomic E-state index is 0.0278. The highest BCUT2D eigenvalue weighted by Gasteiger charge is 2.08. The van der Waals surface area contributed by atoms with E-state index >= 15 is 0 Å². The predicted molar refractivity (Wildman–Crippen MR) is 33.4 cm³/mol. The van der Waals surface area contributed by atoms with Crippen LogP contribution in [-0.4, -0.2) is 12.7 Å². The van der Waals surface area contributed by atoms with Gasteiger partial charge in [-0.3, -0.25) is 4.39 Å². The zero-order valence-corrected chi connectivity index (χ0v) is 5.52. The van der Waals surface area contributed by atoms with E-state index in [0.29, 0.717) is 0 Å². The van der Waals surface area contributed by atoms with E-state index in [0.717, 1.165) is 6.42 Å². The Bertz CT molecular complexity index is 48.5. The highest BCUT2D eigenvalue weighted by Crippen LogP contribution is 2.03. The van der Waals surface area contributed by atoms with Crippen molar-refractivity contribution in [2.45, 2.75) is 26.3 Å². The molecule has 0 rings (SSSR count). The van der Waals surface area contributed by atoms with Crippen LogP contribution >= 0.6 is 0 Å². The molecule has 0 aliphatic carbocycles. The van der Waals surface area contributed by atoms with E-state index in [1.54, 1.807) is 0 Å². The smallest absolute Gasteiger partial charge is 0.0934 e. The van der Waals surface area contributed by atoms with Gasteiger partial charge >= 0.3 is 0 Å². The topological polar surface area (TPSA) is 26.0 Å². The number of hydrogen-bond acceptors (Lipinski definition) is 1. The summed E-state index contributed by atoms with van der Waals surface area (Å²) in [5.41, 5.74) is 5.49. The summed E-state index contributed by atoms with van der Waals surface area (Å²) in [7, 11) is 0. The van der Waals surface area contributed by atoms with Crippen molar-refractivity contribution in [2.24, 2.45) is 11.7 Å². The van der Waals surface area contributed by atoms with E-state index in [4.69, 9.17) is 5.73 Å². The van der Waals surface area contributed by atoms with Gasteiger partial charge in [0.15, 0.2) is 0 Å². The van der Waals surface area contributed by atoms with Crippen molar-refractivity contribution in [1.29, 1.82) is 0 Å². The van der Waals surface area contributed by atoms with Crippen LogP contribution in [0, 0.1) is 5.92 Å². The van der Waals surface area contributed by atoms with E-state index in [1.165, 1.54) is 0 Å². The maximum atomic E-state index is 11.7. The van der Waals surface area contributed by atoms with Crippen LogP contribution in [0.15, 0.2) is 0 Å². The standard InChI is InChI=1S/C6H14FN/c1-3-6(8)5(2)4-7/h5-6H,3-4,8H2,1-2H3. The third-order valence-corrected chi connectivity index (χ3v) is 1.45. The molecule has 2 unspecified atom stereocenters. The van der Waals surface area contributed by atoms with Gasteiger partial charge in [0.2, 0.25) is 0 Å². The maximum Gasteiger partial charge on any atom is 0.0934 e. The molecule has 0 aromatic heterocycles. The lowest BCUT2D eigenvalue weighted by atomic mass is 10.0. The summed E-state index contributed by atoms with van der Waals surface area (Å²) in [6, 6.07) is 0.0417. The Morgan fingerprint density at radius 2 is 2.12 bits per heavy atom. The van der Waals surface area contributed by atoms with Gasteiger partial charge in [-0.25, -0.2) is 0 Å². The molecule has 0 bridgehead atoms. The lowest BCUT2D eigenvalue weighted by Crippen LogP contribution is -2.28. The fraction of sp³-hybridized carbons (Fsp3) is 1.00. The quantitative estimate of drug-likeness (QED) is 0.596. The van der Waals surface area contributed by atoms with Crippen molar-refractivity contribution in [2.75, 3.05) is 6.67 Å². The molecule has 0 amide bonds. The maximum absolute atomic E-state index is 11.7. The lowest BCUT2D eigenvalue weighted by molar-refractivity contribution is 0.330. The van der Waals surface area contributed by atoms with Crippen molar-refractivity contribution in [3.63, 3.8) is 0 Å². The molecular formula is C6H14FN. The molecular weight excluding hydrogens is 105 g/mol. The molecule has 50 valence electrons. The zero-order chi connectivity index (χ0) is 6.57. The van der Waals surface area contributed by atoms with Crippen LogP contribution in [-0.2, 0) is 0 Å². The van der Waals surface area contributed by atoms with Crippen LogP contribution in [0.4, 0.5) is 4.39 Å². The molecule has 0 saturated heterocycles. The molecule has 0 radical (unpaired) electrons. The molecule has 0 heterocycles. The first-order chi connectivity index (χ1) is 3.72. The van der Waals surface area contributed by atoms with Gasteiger partial charge in [0.1, 0.15) is 0 Å². The molecule has 0 saturated carbocycles. The van der Waals surface area contributed by atoms with Crippen molar-refractivity contribution < 1.29 is 4.39 Å². The Balaban J connectivity index is 3.29. The van der Waals surface area contributed by atoms with Gasteiger partial charge in [0, 0.05) is 6.04 Å². The molecule has 8 heavy (non-hydrogen) atoms. The predicted octanol–water partition coefficient (Wildman–Crippen LogP) is 1.33. The van der Waals surface area contributed by atoms with Gasteiger partial charge in [0.05, 0.1) is 6.67 Å². The molecule has 2 heteroatoms. The second kappa shape index (κ2) is 3.84. The van der Waals surface area contributed by atoms with Crippen molar-refractivity contribution in [1.82, 2.24) is 0 Å². The number of hydrogen-bond donors (Lipinski definition) is 1. The van der Waals surface area contributed by atoms with Crippen LogP contribution in [0.3, 0.4) is 0 Å². The third-order valence-electron chi connectivity index (χ3n) is 1.45. The van der Waals surface area contributed by atoms with E-state index in [-0.39, 0.29) is 18.6 Å². The fourth-order valence-electron chi connectivity index (χ4n) is 0.517.